The van der Waals surface area contributed by atoms with Gasteiger partial charge in [0.2, 0.25) is 12.5 Å². The van der Waals surface area contributed by atoms with E-state index in [4.69, 9.17) is 33.2 Å². The van der Waals surface area contributed by atoms with Gasteiger partial charge in [-0.05, 0) is 64.7 Å². The Balaban J connectivity index is 1.64. The quantitative estimate of drug-likeness (QED) is 0.458. The molecule has 204 valence electrons. The van der Waals surface area contributed by atoms with E-state index < -0.39 is 5.92 Å². The van der Waals surface area contributed by atoms with Crippen molar-refractivity contribution in [1.29, 1.82) is 0 Å². The minimum atomic E-state index is -0.525. The molecule has 39 heavy (non-hydrogen) atoms. The number of hydrogen-bond donors (Lipinski definition) is 1. The van der Waals surface area contributed by atoms with E-state index in [9.17, 15) is 4.79 Å². The Labute approximate surface area is 226 Å². The average Bonchev–Trinajstić information content (AvgIpc) is 3.44. The number of carbonyl (C=O) groups excluding carboxylic acids is 1. The lowest BCUT2D eigenvalue weighted by molar-refractivity contribution is -0.148. The minimum Gasteiger partial charge on any atom is -0.497 e. The molecule has 0 radical (unpaired) electrons. The topological polar surface area (TPSA) is 93.7 Å². The molecule has 4 atom stereocenters. The number of rotatable bonds is 6. The molecule has 9 heteroatoms. The fraction of sp³-hybridized carbons (Fsp3) is 0.367. The van der Waals surface area contributed by atoms with Crippen molar-refractivity contribution in [3.8, 4) is 34.5 Å². The Morgan fingerprint density at radius 1 is 0.795 bits per heavy atom. The van der Waals surface area contributed by atoms with Crippen molar-refractivity contribution in [1.82, 2.24) is 0 Å². The number of fused-ring (bicyclic) bond motifs is 6. The fourth-order valence-electron chi connectivity index (χ4n) is 6.46. The van der Waals surface area contributed by atoms with E-state index >= 15 is 0 Å². The summed E-state index contributed by atoms with van der Waals surface area (Å²) in [6.45, 7) is 0.728. The fourth-order valence-corrected chi connectivity index (χ4v) is 6.46. The molecule has 0 unspecified atom stereocenters. The molecule has 6 rings (SSSR count). The maximum atomic E-state index is 13.7. The highest BCUT2D eigenvalue weighted by molar-refractivity contribution is 5.79. The number of methoxy groups -OCH3 is 5. The zero-order valence-corrected chi connectivity index (χ0v) is 22.5. The van der Waals surface area contributed by atoms with E-state index in [1.807, 2.05) is 36.4 Å². The van der Waals surface area contributed by atoms with Crippen molar-refractivity contribution >= 4 is 11.7 Å². The summed E-state index contributed by atoms with van der Waals surface area (Å²) in [5.41, 5.74) is 4.94. The maximum absolute atomic E-state index is 13.7. The molecular formula is C30H31NO8. The van der Waals surface area contributed by atoms with Crippen molar-refractivity contribution in [2.24, 2.45) is 11.8 Å². The molecule has 2 aliphatic heterocycles. The molecular weight excluding hydrogens is 502 g/mol. The summed E-state index contributed by atoms with van der Waals surface area (Å²) in [6.07, 6.45) is 0. The van der Waals surface area contributed by atoms with E-state index in [1.54, 1.807) is 28.4 Å². The molecule has 3 aromatic carbocycles. The molecule has 2 heterocycles. The van der Waals surface area contributed by atoms with Crippen LogP contribution in [-0.2, 0) is 9.53 Å². The summed E-state index contributed by atoms with van der Waals surface area (Å²) in [6, 6.07) is 13.9. The summed E-state index contributed by atoms with van der Waals surface area (Å²) in [7, 11) is 7.82. The van der Waals surface area contributed by atoms with Gasteiger partial charge in [0.15, 0.2) is 23.0 Å². The molecule has 3 aliphatic rings. The Bertz CT molecular complexity index is 1410. The van der Waals surface area contributed by atoms with Crippen LogP contribution in [0.1, 0.15) is 34.1 Å². The van der Waals surface area contributed by atoms with Crippen LogP contribution >= 0.6 is 0 Å². The third-order valence-electron chi connectivity index (χ3n) is 8.14. The molecule has 9 nitrogen and oxygen atoms in total. The summed E-state index contributed by atoms with van der Waals surface area (Å²) in [5, 5.41) is 3.55. The van der Waals surface area contributed by atoms with Crippen LogP contribution in [0.15, 0.2) is 42.5 Å². The van der Waals surface area contributed by atoms with Gasteiger partial charge in [-0.1, -0.05) is 0 Å². The van der Waals surface area contributed by atoms with Crippen molar-refractivity contribution < 1.29 is 38.0 Å². The highest BCUT2D eigenvalue weighted by Gasteiger charge is 2.51. The molecule has 0 spiro atoms. The van der Waals surface area contributed by atoms with Crippen LogP contribution in [0.4, 0.5) is 5.69 Å². The summed E-state index contributed by atoms with van der Waals surface area (Å²) in [4.78, 5) is 13.7. The number of benzene rings is 3. The molecule has 1 aliphatic carbocycles. The highest BCUT2D eigenvalue weighted by atomic mass is 16.7. The number of esters is 1. The molecule has 3 aromatic rings. The van der Waals surface area contributed by atoms with Gasteiger partial charge in [0.25, 0.3) is 0 Å². The molecule has 0 amide bonds. The maximum Gasteiger partial charge on any atom is 0.310 e. The molecule has 0 saturated carbocycles. The van der Waals surface area contributed by atoms with E-state index in [1.165, 1.54) is 7.11 Å². The second-order valence-electron chi connectivity index (χ2n) is 9.80. The number of carbonyl (C=O) groups is 1. The standard InChI is InChI=1S/C30H31NO8/c1-33-16-6-7-21-19(10-16)27-18-12-23-22(38-14-39-23)11-17(18)26(28(30(32)37-5)20(27)13-31-21)15-8-24(34-2)29(36-4)25(9-15)35-3/h6-12,20,26-28,31H,13-14H2,1-5H3/t20-,26+,27+,28+/m0/s1. The van der Waals surface area contributed by atoms with Gasteiger partial charge in [0, 0.05) is 30.0 Å². The lowest BCUT2D eigenvalue weighted by atomic mass is 9.59. The molecule has 0 aromatic heterocycles. The van der Waals surface area contributed by atoms with Gasteiger partial charge in [-0.15, -0.1) is 0 Å². The van der Waals surface area contributed by atoms with Crippen LogP contribution in [0.25, 0.3) is 0 Å². The lowest BCUT2D eigenvalue weighted by Crippen LogP contribution is -2.44. The third kappa shape index (κ3) is 3.87. The number of anilines is 1. The van der Waals surface area contributed by atoms with Gasteiger partial charge in [-0.2, -0.15) is 0 Å². The molecule has 0 bridgehead atoms. The Hall–Kier alpha value is -4.27. The van der Waals surface area contributed by atoms with Gasteiger partial charge < -0.3 is 38.5 Å². The normalized spacial score (nSPS) is 22.0. The van der Waals surface area contributed by atoms with Gasteiger partial charge in [-0.25, -0.2) is 0 Å². The van der Waals surface area contributed by atoms with Crippen LogP contribution in [-0.4, -0.2) is 54.9 Å². The van der Waals surface area contributed by atoms with Crippen molar-refractivity contribution in [3.05, 3.63) is 64.7 Å². The number of nitrogens with one attached hydrogen (secondary N) is 1. The van der Waals surface area contributed by atoms with Crippen LogP contribution in [0.3, 0.4) is 0 Å². The first kappa shape index (κ1) is 25.0. The first-order valence-corrected chi connectivity index (χ1v) is 12.8. The van der Waals surface area contributed by atoms with Gasteiger partial charge in [-0.3, -0.25) is 4.79 Å². The Morgan fingerprint density at radius 3 is 2.05 bits per heavy atom. The largest absolute Gasteiger partial charge is 0.497 e. The monoisotopic (exact) mass is 533 g/mol. The SMILES string of the molecule is COC(=O)[C@H]1[C@H](c2cc(OC)c(OC)c(OC)c2)c2cc3c(cc2[C@@H]2c4cc(OC)ccc4NC[C@@H]21)OCO3. The van der Waals surface area contributed by atoms with Crippen LogP contribution in [0, 0.1) is 11.8 Å². The second kappa shape index (κ2) is 9.80. The predicted octanol–water partition coefficient (Wildman–Crippen LogP) is 4.56. The average molecular weight is 534 g/mol. The van der Waals surface area contributed by atoms with Crippen LogP contribution in [0.2, 0.25) is 0 Å². The van der Waals surface area contributed by atoms with Crippen molar-refractivity contribution in [2.75, 3.05) is 54.2 Å². The Kier molecular flexibility index (Phi) is 6.29. The molecule has 0 fully saturated rings. The van der Waals surface area contributed by atoms with Gasteiger partial charge >= 0.3 is 5.97 Å². The summed E-state index contributed by atoms with van der Waals surface area (Å²) < 4.78 is 39.6. The first-order valence-electron chi connectivity index (χ1n) is 12.8. The number of ether oxygens (including phenoxy) is 7. The van der Waals surface area contributed by atoms with E-state index in [2.05, 4.69) is 11.4 Å². The van der Waals surface area contributed by atoms with Gasteiger partial charge in [0.05, 0.1) is 41.5 Å². The smallest absolute Gasteiger partial charge is 0.310 e. The first-order chi connectivity index (χ1) is 19.0. The molecule has 1 N–H and O–H groups in total. The van der Waals surface area contributed by atoms with Crippen molar-refractivity contribution in [2.45, 2.75) is 11.8 Å². The van der Waals surface area contributed by atoms with E-state index in [0.717, 1.165) is 33.7 Å². The lowest BCUT2D eigenvalue weighted by Gasteiger charge is -2.46. The summed E-state index contributed by atoms with van der Waals surface area (Å²) in [5.74, 6) is 2.15. The second-order valence-corrected chi connectivity index (χ2v) is 9.80. The van der Waals surface area contributed by atoms with Crippen LogP contribution in [0.5, 0.6) is 34.5 Å². The number of hydrogen-bond acceptors (Lipinski definition) is 9. The predicted molar refractivity (Wildman–Crippen MR) is 143 cm³/mol. The van der Waals surface area contributed by atoms with E-state index in [-0.39, 0.29) is 30.5 Å². The Morgan fingerprint density at radius 2 is 1.46 bits per heavy atom. The van der Waals surface area contributed by atoms with Crippen molar-refractivity contribution in [3.63, 3.8) is 0 Å². The summed E-state index contributed by atoms with van der Waals surface area (Å²) >= 11 is 0. The minimum absolute atomic E-state index is 0.108. The van der Waals surface area contributed by atoms with Gasteiger partial charge in [0.1, 0.15) is 5.75 Å². The third-order valence-corrected chi connectivity index (χ3v) is 8.14. The zero-order chi connectivity index (χ0) is 27.3. The molecule has 0 saturated heterocycles. The zero-order valence-electron chi connectivity index (χ0n) is 22.5. The highest BCUT2D eigenvalue weighted by Crippen LogP contribution is 2.58. The van der Waals surface area contributed by atoms with Crippen LogP contribution < -0.4 is 33.7 Å². The van der Waals surface area contributed by atoms with E-state index in [0.29, 0.717) is 35.3 Å².